The smallest absolute Gasteiger partial charge is 0.149 e. The molecular formula is C12H13N3. The molecule has 2 rings (SSSR count). The van der Waals surface area contributed by atoms with Crippen LogP contribution in [0.3, 0.4) is 0 Å². The van der Waals surface area contributed by atoms with Crippen molar-refractivity contribution in [3.8, 4) is 11.3 Å². The highest BCUT2D eigenvalue weighted by Gasteiger charge is 2.08. The van der Waals surface area contributed by atoms with E-state index in [9.17, 15) is 0 Å². The molecule has 0 radical (unpaired) electrons. The molecule has 0 unspecified atom stereocenters. The first-order chi connectivity index (χ1) is 7.20. The van der Waals surface area contributed by atoms with Gasteiger partial charge in [-0.05, 0) is 25.0 Å². The Morgan fingerprint density at radius 3 is 2.27 bits per heavy atom. The Bertz CT molecular complexity index is 478. The molecule has 0 aliphatic rings. The molecule has 2 aromatic rings. The lowest BCUT2D eigenvalue weighted by atomic mass is 10.0. The van der Waals surface area contributed by atoms with Gasteiger partial charge in [-0.25, -0.2) is 0 Å². The molecule has 3 heteroatoms. The summed E-state index contributed by atoms with van der Waals surface area (Å²) in [7, 11) is 0. The molecular weight excluding hydrogens is 186 g/mol. The fourth-order valence-electron chi connectivity index (χ4n) is 1.49. The number of hydrogen-bond acceptors (Lipinski definition) is 3. The van der Waals surface area contributed by atoms with Crippen LogP contribution in [0.5, 0.6) is 0 Å². The first-order valence-corrected chi connectivity index (χ1v) is 4.85. The number of hydrogen-bond donors (Lipinski definition) is 1. The zero-order valence-corrected chi connectivity index (χ0v) is 8.86. The van der Waals surface area contributed by atoms with E-state index in [1.165, 1.54) is 0 Å². The lowest BCUT2D eigenvalue weighted by Crippen LogP contribution is -2.01. The van der Waals surface area contributed by atoms with Gasteiger partial charge in [0.15, 0.2) is 0 Å². The number of benzene rings is 1. The number of nitrogens with zero attached hydrogens (tertiary/aromatic N) is 2. The summed E-state index contributed by atoms with van der Waals surface area (Å²) < 4.78 is 0. The van der Waals surface area contributed by atoms with Gasteiger partial charge in [-0.1, -0.05) is 30.3 Å². The van der Waals surface area contributed by atoms with Crippen LogP contribution in [0.25, 0.3) is 11.3 Å². The van der Waals surface area contributed by atoms with E-state index in [1.54, 1.807) is 0 Å². The van der Waals surface area contributed by atoms with Crippen LogP contribution >= 0.6 is 0 Å². The summed E-state index contributed by atoms with van der Waals surface area (Å²) >= 11 is 0. The number of aromatic nitrogens is 2. The maximum Gasteiger partial charge on any atom is 0.149 e. The maximum absolute atomic E-state index is 5.69. The molecule has 3 nitrogen and oxygen atoms in total. The van der Waals surface area contributed by atoms with Gasteiger partial charge >= 0.3 is 0 Å². The Morgan fingerprint density at radius 1 is 0.933 bits per heavy atom. The molecule has 0 amide bonds. The second kappa shape index (κ2) is 3.69. The molecule has 15 heavy (non-hydrogen) atoms. The number of nitrogen functional groups attached to an aromatic ring is 1. The van der Waals surface area contributed by atoms with Gasteiger partial charge in [-0.2, -0.15) is 0 Å². The maximum atomic E-state index is 5.69. The third-order valence-corrected chi connectivity index (χ3v) is 2.61. The monoisotopic (exact) mass is 199 g/mol. The first-order valence-electron chi connectivity index (χ1n) is 4.85. The lowest BCUT2D eigenvalue weighted by Gasteiger charge is -2.08. The summed E-state index contributed by atoms with van der Waals surface area (Å²) in [5.41, 5.74) is 9.77. The van der Waals surface area contributed by atoms with Crippen LogP contribution in [-0.2, 0) is 0 Å². The molecule has 2 N–H and O–H groups in total. The molecule has 0 aliphatic heterocycles. The van der Waals surface area contributed by atoms with Crippen molar-refractivity contribution >= 4 is 5.82 Å². The molecule has 1 aromatic carbocycles. The third kappa shape index (κ3) is 1.68. The minimum absolute atomic E-state index is 0.507. The van der Waals surface area contributed by atoms with Crippen molar-refractivity contribution in [2.45, 2.75) is 13.8 Å². The Morgan fingerprint density at radius 2 is 1.60 bits per heavy atom. The molecule has 0 saturated carbocycles. The molecule has 1 heterocycles. The molecule has 0 bridgehead atoms. The quantitative estimate of drug-likeness (QED) is 0.767. The molecule has 0 atom stereocenters. The van der Waals surface area contributed by atoms with Crippen molar-refractivity contribution in [3.05, 3.63) is 41.5 Å². The largest absolute Gasteiger partial charge is 0.382 e. The summed E-state index contributed by atoms with van der Waals surface area (Å²) in [6.45, 7) is 3.98. The second-order valence-electron chi connectivity index (χ2n) is 3.55. The Labute approximate surface area is 89.0 Å². The fourth-order valence-corrected chi connectivity index (χ4v) is 1.49. The van der Waals surface area contributed by atoms with Crippen LogP contribution < -0.4 is 5.73 Å². The topological polar surface area (TPSA) is 51.8 Å². The predicted octanol–water partition coefficient (Wildman–Crippen LogP) is 2.34. The zero-order chi connectivity index (χ0) is 10.8. The van der Waals surface area contributed by atoms with Crippen molar-refractivity contribution < 1.29 is 0 Å². The minimum atomic E-state index is 0.507. The van der Waals surface area contributed by atoms with Crippen LogP contribution in [0.4, 0.5) is 5.82 Å². The second-order valence-corrected chi connectivity index (χ2v) is 3.55. The van der Waals surface area contributed by atoms with Crippen LogP contribution in [0.2, 0.25) is 0 Å². The average Bonchev–Trinajstić information content (AvgIpc) is 2.27. The van der Waals surface area contributed by atoms with Gasteiger partial charge in [0.1, 0.15) is 5.82 Å². The van der Waals surface area contributed by atoms with E-state index in [4.69, 9.17) is 5.73 Å². The summed E-state index contributed by atoms with van der Waals surface area (Å²) in [5, 5.41) is 8.08. The van der Waals surface area contributed by atoms with Crippen LogP contribution in [-0.4, -0.2) is 10.2 Å². The predicted molar refractivity (Wildman–Crippen MR) is 61.4 cm³/mol. The van der Waals surface area contributed by atoms with Gasteiger partial charge in [0.05, 0.1) is 5.69 Å². The van der Waals surface area contributed by atoms with E-state index in [0.29, 0.717) is 5.82 Å². The van der Waals surface area contributed by atoms with Gasteiger partial charge in [0.2, 0.25) is 0 Å². The van der Waals surface area contributed by atoms with E-state index >= 15 is 0 Å². The van der Waals surface area contributed by atoms with Crippen molar-refractivity contribution in [2.75, 3.05) is 5.73 Å². The SMILES string of the molecule is Cc1c(N)nnc(-c2ccccc2)c1C. The number of nitrogens with two attached hydrogens (primary N) is 1. The average molecular weight is 199 g/mol. The third-order valence-electron chi connectivity index (χ3n) is 2.61. The van der Waals surface area contributed by atoms with Gasteiger partial charge in [-0.3, -0.25) is 0 Å². The van der Waals surface area contributed by atoms with Crippen molar-refractivity contribution in [3.63, 3.8) is 0 Å². The van der Waals surface area contributed by atoms with E-state index < -0.39 is 0 Å². The summed E-state index contributed by atoms with van der Waals surface area (Å²) in [5.74, 6) is 0.507. The Hall–Kier alpha value is -1.90. The van der Waals surface area contributed by atoms with Crippen molar-refractivity contribution in [1.29, 1.82) is 0 Å². The van der Waals surface area contributed by atoms with Crippen molar-refractivity contribution in [1.82, 2.24) is 10.2 Å². The van der Waals surface area contributed by atoms with E-state index in [1.807, 2.05) is 44.2 Å². The van der Waals surface area contributed by atoms with Gasteiger partial charge in [0, 0.05) is 5.56 Å². The van der Waals surface area contributed by atoms with Crippen molar-refractivity contribution in [2.24, 2.45) is 0 Å². The Balaban J connectivity index is 2.60. The highest BCUT2D eigenvalue weighted by atomic mass is 15.1. The van der Waals surface area contributed by atoms with Crippen LogP contribution in [0, 0.1) is 13.8 Å². The minimum Gasteiger partial charge on any atom is -0.382 e. The molecule has 0 spiro atoms. The summed E-state index contributed by atoms with van der Waals surface area (Å²) in [6, 6.07) is 10.00. The lowest BCUT2D eigenvalue weighted by molar-refractivity contribution is 1.01. The van der Waals surface area contributed by atoms with Crippen LogP contribution in [0.15, 0.2) is 30.3 Å². The Kier molecular flexibility index (Phi) is 2.37. The standard InChI is InChI=1S/C12H13N3/c1-8-9(2)12(13)15-14-11(8)10-6-4-3-5-7-10/h3-7H,1-2H3,(H2,13,15). The van der Waals surface area contributed by atoms with E-state index in [-0.39, 0.29) is 0 Å². The number of anilines is 1. The van der Waals surface area contributed by atoms with E-state index in [0.717, 1.165) is 22.4 Å². The number of rotatable bonds is 1. The normalized spacial score (nSPS) is 10.3. The summed E-state index contributed by atoms with van der Waals surface area (Å²) in [6.07, 6.45) is 0. The summed E-state index contributed by atoms with van der Waals surface area (Å²) in [4.78, 5) is 0. The van der Waals surface area contributed by atoms with E-state index in [2.05, 4.69) is 10.2 Å². The molecule has 1 aromatic heterocycles. The molecule has 0 saturated heterocycles. The van der Waals surface area contributed by atoms with Gasteiger partial charge in [-0.15, -0.1) is 10.2 Å². The highest BCUT2D eigenvalue weighted by molar-refractivity contribution is 5.65. The van der Waals surface area contributed by atoms with Crippen LogP contribution in [0.1, 0.15) is 11.1 Å². The van der Waals surface area contributed by atoms with Gasteiger partial charge < -0.3 is 5.73 Å². The molecule has 0 fully saturated rings. The molecule has 76 valence electrons. The first kappa shape index (κ1) is 9.65. The molecule has 0 aliphatic carbocycles. The fraction of sp³-hybridized carbons (Fsp3) is 0.167. The highest BCUT2D eigenvalue weighted by Crippen LogP contribution is 2.23. The zero-order valence-electron chi connectivity index (χ0n) is 8.86. The van der Waals surface area contributed by atoms with Gasteiger partial charge in [0.25, 0.3) is 0 Å².